The summed E-state index contributed by atoms with van der Waals surface area (Å²) in [5, 5.41) is 12.3. The molecule has 0 aromatic carbocycles. The van der Waals surface area contributed by atoms with Crippen LogP contribution in [0.4, 0.5) is 5.69 Å². The second-order valence-electron chi connectivity index (χ2n) is 1.76. The van der Waals surface area contributed by atoms with Crippen molar-refractivity contribution in [2.75, 3.05) is 12.3 Å². The third-order valence-corrected chi connectivity index (χ3v) is 0.982. The molecule has 0 atom stereocenters. The van der Waals surface area contributed by atoms with Gasteiger partial charge in [0.2, 0.25) is 0 Å². The molecule has 0 saturated carbocycles. The maximum absolute atomic E-state index is 8.43. The van der Waals surface area contributed by atoms with Crippen molar-refractivity contribution < 1.29 is 5.11 Å². The van der Waals surface area contributed by atoms with E-state index >= 15 is 0 Å². The number of hydrogen-bond donors (Lipinski definition) is 2. The lowest BCUT2D eigenvalue weighted by molar-refractivity contribution is 0.269. The summed E-state index contributed by atoms with van der Waals surface area (Å²) in [7, 11) is 0. The highest BCUT2D eigenvalue weighted by Crippen LogP contribution is 1.95. The summed E-state index contributed by atoms with van der Waals surface area (Å²) in [5.74, 6) is 0. The number of nitrogens with zero attached hydrogens (tertiary/aromatic N) is 2. The van der Waals surface area contributed by atoms with Gasteiger partial charge in [0, 0.05) is 6.20 Å². The first-order valence-electron chi connectivity index (χ1n) is 3.71. The van der Waals surface area contributed by atoms with E-state index in [1.54, 1.807) is 17.1 Å². The topological polar surface area (TPSA) is 64.1 Å². The predicted molar refractivity (Wildman–Crippen MR) is 45.1 cm³/mol. The van der Waals surface area contributed by atoms with Crippen molar-refractivity contribution in [2.24, 2.45) is 0 Å². The molecular weight excluding hydrogens is 142 g/mol. The van der Waals surface area contributed by atoms with E-state index in [0.29, 0.717) is 12.2 Å². The minimum absolute atomic E-state index is 0.0983. The van der Waals surface area contributed by atoms with Crippen LogP contribution in [0.15, 0.2) is 12.4 Å². The van der Waals surface area contributed by atoms with Crippen molar-refractivity contribution in [3.05, 3.63) is 12.4 Å². The fourth-order valence-electron chi connectivity index (χ4n) is 0.604. The van der Waals surface area contributed by atoms with Crippen LogP contribution >= 0.6 is 0 Å². The van der Waals surface area contributed by atoms with Crippen molar-refractivity contribution in [1.82, 2.24) is 9.78 Å². The molecular formula is C7H15N3O. The van der Waals surface area contributed by atoms with Gasteiger partial charge >= 0.3 is 0 Å². The van der Waals surface area contributed by atoms with Crippen LogP contribution in [0.2, 0.25) is 0 Å². The zero-order valence-corrected chi connectivity index (χ0v) is 6.99. The molecule has 0 unspecified atom stereocenters. The maximum atomic E-state index is 8.43. The monoisotopic (exact) mass is 157 g/mol. The predicted octanol–water partition coefficient (Wildman–Crippen LogP) is 0.484. The number of nitrogen functional groups attached to an aromatic ring is 1. The van der Waals surface area contributed by atoms with Crippen LogP contribution in [0.3, 0.4) is 0 Å². The quantitative estimate of drug-likeness (QED) is 0.656. The van der Waals surface area contributed by atoms with Crippen molar-refractivity contribution >= 4 is 5.69 Å². The van der Waals surface area contributed by atoms with Gasteiger partial charge in [-0.3, -0.25) is 4.68 Å². The van der Waals surface area contributed by atoms with E-state index < -0.39 is 0 Å². The zero-order valence-electron chi connectivity index (χ0n) is 6.99. The highest BCUT2D eigenvalue weighted by molar-refractivity contribution is 5.30. The van der Waals surface area contributed by atoms with Gasteiger partial charge in [-0.2, -0.15) is 5.10 Å². The SMILES string of the molecule is CC.Nc1cnn(CCO)c1. The molecule has 0 aliphatic rings. The summed E-state index contributed by atoms with van der Waals surface area (Å²) < 4.78 is 1.59. The minimum Gasteiger partial charge on any atom is -0.396 e. The Hall–Kier alpha value is -1.03. The van der Waals surface area contributed by atoms with Crippen LogP contribution < -0.4 is 5.73 Å². The average Bonchev–Trinajstić information content (AvgIpc) is 2.41. The molecule has 4 nitrogen and oxygen atoms in total. The van der Waals surface area contributed by atoms with Crippen molar-refractivity contribution in [1.29, 1.82) is 0 Å². The number of aliphatic hydroxyl groups is 1. The normalized spacial score (nSPS) is 8.64. The van der Waals surface area contributed by atoms with E-state index in [9.17, 15) is 0 Å². The lowest BCUT2D eigenvalue weighted by atomic mass is 10.6. The summed E-state index contributed by atoms with van der Waals surface area (Å²) in [6.07, 6.45) is 3.23. The molecule has 0 fully saturated rings. The Kier molecular flexibility index (Phi) is 5.20. The van der Waals surface area contributed by atoms with E-state index in [4.69, 9.17) is 10.8 Å². The van der Waals surface area contributed by atoms with Gasteiger partial charge in [-0.1, -0.05) is 13.8 Å². The summed E-state index contributed by atoms with van der Waals surface area (Å²) in [5.41, 5.74) is 5.97. The van der Waals surface area contributed by atoms with Gasteiger partial charge in [0.1, 0.15) is 0 Å². The zero-order chi connectivity index (χ0) is 8.69. The summed E-state index contributed by atoms with van der Waals surface area (Å²) in [4.78, 5) is 0. The van der Waals surface area contributed by atoms with Gasteiger partial charge in [0.05, 0.1) is 25.0 Å². The Morgan fingerprint density at radius 2 is 2.27 bits per heavy atom. The Bertz CT molecular complexity index is 186. The Balaban J connectivity index is 0.000000461. The molecule has 1 aromatic heterocycles. The molecule has 1 rings (SSSR count). The van der Waals surface area contributed by atoms with Gasteiger partial charge in [-0.05, 0) is 0 Å². The smallest absolute Gasteiger partial charge is 0.0719 e. The average molecular weight is 157 g/mol. The van der Waals surface area contributed by atoms with E-state index in [0.717, 1.165) is 0 Å². The molecule has 0 aliphatic carbocycles. The lowest BCUT2D eigenvalue weighted by Gasteiger charge is -1.92. The highest BCUT2D eigenvalue weighted by Gasteiger charge is 1.90. The molecule has 0 radical (unpaired) electrons. The van der Waals surface area contributed by atoms with Crippen LogP contribution in [0.25, 0.3) is 0 Å². The molecule has 1 aromatic rings. The molecule has 0 saturated heterocycles. The van der Waals surface area contributed by atoms with Gasteiger partial charge in [-0.15, -0.1) is 0 Å². The van der Waals surface area contributed by atoms with E-state index in [1.165, 1.54) is 0 Å². The third kappa shape index (κ3) is 3.62. The van der Waals surface area contributed by atoms with E-state index in [1.807, 2.05) is 13.8 Å². The van der Waals surface area contributed by atoms with Crippen molar-refractivity contribution in [3.63, 3.8) is 0 Å². The number of nitrogens with two attached hydrogens (primary N) is 1. The molecule has 4 heteroatoms. The fourth-order valence-corrected chi connectivity index (χ4v) is 0.604. The van der Waals surface area contributed by atoms with E-state index in [-0.39, 0.29) is 6.61 Å². The Morgan fingerprint density at radius 3 is 2.64 bits per heavy atom. The van der Waals surface area contributed by atoms with Crippen molar-refractivity contribution in [3.8, 4) is 0 Å². The lowest BCUT2D eigenvalue weighted by Crippen LogP contribution is -2.01. The second kappa shape index (κ2) is 5.73. The van der Waals surface area contributed by atoms with Gasteiger partial charge in [0.25, 0.3) is 0 Å². The van der Waals surface area contributed by atoms with Gasteiger partial charge in [0.15, 0.2) is 0 Å². The van der Waals surface area contributed by atoms with Crippen LogP contribution in [-0.4, -0.2) is 21.5 Å². The molecule has 0 amide bonds. The Labute approximate surface area is 66.6 Å². The summed E-state index contributed by atoms with van der Waals surface area (Å²) >= 11 is 0. The molecule has 64 valence electrons. The third-order valence-electron chi connectivity index (χ3n) is 0.982. The number of aromatic nitrogens is 2. The van der Waals surface area contributed by atoms with Gasteiger partial charge < -0.3 is 10.8 Å². The summed E-state index contributed by atoms with van der Waals surface area (Å²) in [6, 6.07) is 0. The van der Waals surface area contributed by atoms with Crippen LogP contribution in [0, 0.1) is 0 Å². The first-order valence-corrected chi connectivity index (χ1v) is 3.71. The van der Waals surface area contributed by atoms with Crippen LogP contribution in [0.5, 0.6) is 0 Å². The molecule has 0 spiro atoms. The second-order valence-corrected chi connectivity index (χ2v) is 1.76. The maximum Gasteiger partial charge on any atom is 0.0719 e. The number of anilines is 1. The standard InChI is InChI=1S/C5H9N3O.C2H6/c6-5-3-7-8(4-5)1-2-9;1-2/h3-4,9H,1-2,6H2;1-2H3. The number of rotatable bonds is 2. The highest BCUT2D eigenvalue weighted by atomic mass is 16.3. The van der Waals surface area contributed by atoms with E-state index in [2.05, 4.69) is 5.10 Å². The minimum atomic E-state index is 0.0983. The largest absolute Gasteiger partial charge is 0.396 e. The molecule has 0 aliphatic heterocycles. The number of aliphatic hydroxyl groups excluding tert-OH is 1. The number of hydrogen-bond acceptors (Lipinski definition) is 3. The van der Waals surface area contributed by atoms with Crippen LogP contribution in [0.1, 0.15) is 13.8 Å². The molecule has 0 bridgehead atoms. The van der Waals surface area contributed by atoms with Crippen molar-refractivity contribution in [2.45, 2.75) is 20.4 Å². The fraction of sp³-hybridized carbons (Fsp3) is 0.571. The molecule has 11 heavy (non-hydrogen) atoms. The first kappa shape index (κ1) is 9.97. The van der Waals surface area contributed by atoms with Gasteiger partial charge in [-0.25, -0.2) is 0 Å². The first-order chi connectivity index (χ1) is 5.33. The molecule has 3 N–H and O–H groups in total. The summed E-state index contributed by atoms with van der Waals surface area (Å²) in [6.45, 7) is 4.61. The Morgan fingerprint density at radius 1 is 1.64 bits per heavy atom. The molecule has 1 heterocycles. The van der Waals surface area contributed by atoms with Crippen LogP contribution in [-0.2, 0) is 6.54 Å².